The van der Waals surface area contributed by atoms with Crippen molar-refractivity contribution < 1.29 is 9.72 Å². The molecule has 1 aliphatic heterocycles. The first-order valence-corrected chi connectivity index (χ1v) is 13.3. The third-order valence-electron chi connectivity index (χ3n) is 6.83. The van der Waals surface area contributed by atoms with Crippen LogP contribution in [0.15, 0.2) is 76.6 Å². The largest absolute Gasteiger partial charge is 0.340 e. The van der Waals surface area contributed by atoms with Gasteiger partial charge in [0.15, 0.2) is 5.17 Å². The highest BCUT2D eigenvalue weighted by molar-refractivity contribution is 8.18. The number of carbonyl (C=O) groups excluding carboxylic acids is 1. The minimum absolute atomic E-state index is 0.0480. The average molecular weight is 525 g/mol. The van der Waals surface area contributed by atoms with Gasteiger partial charge in [-0.2, -0.15) is 0 Å². The zero-order chi connectivity index (χ0) is 27.0. The van der Waals surface area contributed by atoms with E-state index in [1.165, 1.54) is 23.9 Å². The van der Waals surface area contributed by atoms with Crippen LogP contribution in [0.4, 0.5) is 11.4 Å². The lowest BCUT2D eigenvalue weighted by Crippen LogP contribution is -2.28. The molecular weight excluding hydrogens is 496 g/mol. The van der Waals surface area contributed by atoms with Crippen molar-refractivity contribution in [2.24, 2.45) is 4.99 Å². The molecule has 8 heteroatoms. The van der Waals surface area contributed by atoms with Crippen LogP contribution in [0, 0.1) is 30.9 Å². The lowest BCUT2D eigenvalue weighted by Gasteiger charge is -2.12. The van der Waals surface area contributed by atoms with Gasteiger partial charge < -0.3 is 4.57 Å². The Morgan fingerprint density at radius 2 is 1.76 bits per heavy atom. The monoisotopic (exact) mass is 524 g/mol. The predicted octanol–water partition coefficient (Wildman–Crippen LogP) is 7.15. The minimum atomic E-state index is -0.391. The van der Waals surface area contributed by atoms with Crippen molar-refractivity contribution in [3.8, 4) is 0 Å². The lowest BCUT2D eigenvalue weighted by molar-refractivity contribution is -0.384. The fourth-order valence-electron chi connectivity index (χ4n) is 4.69. The molecule has 5 rings (SSSR count). The minimum Gasteiger partial charge on any atom is -0.340 e. The smallest absolute Gasteiger partial charge is 0.269 e. The molecule has 0 spiro atoms. The molecule has 2 heterocycles. The molecule has 1 fully saturated rings. The Balaban J connectivity index is 1.54. The highest BCUT2D eigenvalue weighted by Crippen LogP contribution is 2.37. The van der Waals surface area contributed by atoms with E-state index in [1.54, 1.807) is 17.0 Å². The maximum absolute atomic E-state index is 13.4. The molecule has 1 aliphatic rings. The number of benzene rings is 3. The van der Waals surface area contributed by atoms with Crippen LogP contribution in [-0.4, -0.2) is 32.0 Å². The number of amidine groups is 1. The number of para-hydroxylation sites is 1. The first-order valence-electron chi connectivity index (χ1n) is 12.4. The fourth-order valence-corrected chi connectivity index (χ4v) is 5.73. The van der Waals surface area contributed by atoms with Crippen LogP contribution in [0.25, 0.3) is 17.0 Å². The van der Waals surface area contributed by atoms with E-state index in [1.807, 2.05) is 58.0 Å². The van der Waals surface area contributed by atoms with E-state index in [0.29, 0.717) is 23.2 Å². The second-order valence-corrected chi connectivity index (χ2v) is 10.4. The molecule has 0 aliphatic carbocycles. The molecule has 1 aromatic heterocycles. The number of likely N-dealkylation sites (N-methyl/N-ethyl adjacent to an activating group) is 1. The number of aryl methyl sites for hydroxylation is 2. The van der Waals surface area contributed by atoms with Crippen LogP contribution in [0.1, 0.15) is 34.9 Å². The van der Waals surface area contributed by atoms with Crippen molar-refractivity contribution in [2.45, 2.75) is 34.2 Å². The molecular formula is C30H28N4O3S. The van der Waals surface area contributed by atoms with E-state index in [4.69, 9.17) is 4.99 Å². The van der Waals surface area contributed by atoms with Crippen LogP contribution in [-0.2, 0) is 11.3 Å². The molecule has 192 valence electrons. The van der Waals surface area contributed by atoms with Crippen molar-refractivity contribution in [3.63, 3.8) is 0 Å². The van der Waals surface area contributed by atoms with Crippen LogP contribution >= 0.6 is 11.8 Å². The predicted molar refractivity (Wildman–Crippen MR) is 155 cm³/mol. The maximum atomic E-state index is 13.4. The van der Waals surface area contributed by atoms with Crippen LogP contribution in [0.5, 0.6) is 0 Å². The number of hydrogen-bond donors (Lipinski definition) is 0. The molecule has 0 saturated carbocycles. The number of carbonyl (C=O) groups is 1. The second-order valence-electron chi connectivity index (χ2n) is 9.37. The number of aliphatic imine (C=N–C) groups is 1. The number of amides is 1. The maximum Gasteiger partial charge on any atom is 0.269 e. The Morgan fingerprint density at radius 1 is 1.03 bits per heavy atom. The average Bonchev–Trinajstić information content (AvgIpc) is 3.34. The van der Waals surface area contributed by atoms with Gasteiger partial charge >= 0.3 is 0 Å². The summed E-state index contributed by atoms with van der Waals surface area (Å²) < 4.78 is 2.19. The van der Waals surface area contributed by atoms with E-state index in [-0.39, 0.29) is 11.6 Å². The van der Waals surface area contributed by atoms with Crippen LogP contribution < -0.4 is 0 Å². The Bertz CT molecular complexity index is 1630. The topological polar surface area (TPSA) is 80.7 Å². The van der Waals surface area contributed by atoms with Gasteiger partial charge in [0.2, 0.25) is 0 Å². The number of aromatic nitrogens is 1. The Labute approximate surface area is 225 Å². The molecule has 1 amide bonds. The fraction of sp³-hybridized carbons (Fsp3) is 0.200. The normalized spacial score (nSPS) is 15.8. The quantitative estimate of drug-likeness (QED) is 0.152. The highest BCUT2D eigenvalue weighted by atomic mass is 32.2. The van der Waals surface area contributed by atoms with E-state index in [2.05, 4.69) is 22.8 Å². The molecule has 0 unspecified atom stereocenters. The molecule has 3 aromatic carbocycles. The molecule has 0 radical (unpaired) electrons. The Kier molecular flexibility index (Phi) is 6.91. The summed E-state index contributed by atoms with van der Waals surface area (Å²) in [5.41, 5.74) is 7.15. The standard InChI is InChI=1S/C30H28N4O3S/c1-5-32-29(35)28(38-30(32)31-26-16-19(2)10-11-20(26)3)17-25-21(4)33(27-9-7-6-8-24(25)27)18-22-12-14-23(15-13-22)34(36)37/h6-17H,5,18H2,1-4H3/b28-17+,31-30?. The van der Waals surface area contributed by atoms with Crippen molar-refractivity contribution in [1.82, 2.24) is 9.47 Å². The van der Waals surface area contributed by atoms with E-state index in [0.717, 1.165) is 44.5 Å². The van der Waals surface area contributed by atoms with E-state index < -0.39 is 4.92 Å². The summed E-state index contributed by atoms with van der Waals surface area (Å²) in [6, 6.07) is 20.9. The molecule has 38 heavy (non-hydrogen) atoms. The second kappa shape index (κ2) is 10.3. The van der Waals surface area contributed by atoms with Crippen molar-refractivity contribution in [1.29, 1.82) is 0 Å². The van der Waals surface area contributed by atoms with E-state index >= 15 is 0 Å². The lowest BCUT2D eigenvalue weighted by atomic mass is 10.1. The van der Waals surface area contributed by atoms with Gasteiger partial charge in [-0.25, -0.2) is 4.99 Å². The number of rotatable bonds is 6. The van der Waals surface area contributed by atoms with Crippen molar-refractivity contribution >= 4 is 51.2 Å². The summed E-state index contributed by atoms with van der Waals surface area (Å²) >= 11 is 1.40. The van der Waals surface area contributed by atoms with Crippen LogP contribution in [0.2, 0.25) is 0 Å². The molecule has 0 bridgehead atoms. The zero-order valence-corrected chi connectivity index (χ0v) is 22.6. The number of hydrogen-bond acceptors (Lipinski definition) is 5. The number of nitrogens with zero attached hydrogens (tertiary/aromatic N) is 4. The van der Waals surface area contributed by atoms with Gasteiger partial charge in [0.25, 0.3) is 11.6 Å². The summed E-state index contributed by atoms with van der Waals surface area (Å²) in [4.78, 5) is 31.3. The van der Waals surface area contributed by atoms with Gasteiger partial charge in [0.1, 0.15) is 0 Å². The number of fused-ring (bicyclic) bond motifs is 1. The van der Waals surface area contributed by atoms with E-state index in [9.17, 15) is 14.9 Å². The number of thioether (sulfide) groups is 1. The van der Waals surface area contributed by atoms with Gasteiger partial charge in [-0.05, 0) is 74.4 Å². The van der Waals surface area contributed by atoms with Crippen molar-refractivity contribution in [3.05, 3.63) is 110 Å². The Hall–Kier alpha value is -4.17. The molecule has 0 N–H and O–H groups in total. The summed E-state index contributed by atoms with van der Waals surface area (Å²) in [7, 11) is 0. The number of nitro groups is 1. The zero-order valence-electron chi connectivity index (χ0n) is 21.8. The summed E-state index contributed by atoms with van der Waals surface area (Å²) in [5, 5.41) is 12.8. The first-order chi connectivity index (χ1) is 18.3. The molecule has 4 aromatic rings. The Morgan fingerprint density at radius 3 is 2.47 bits per heavy atom. The third-order valence-corrected chi connectivity index (χ3v) is 7.83. The van der Waals surface area contributed by atoms with Gasteiger partial charge in [-0.3, -0.25) is 19.8 Å². The van der Waals surface area contributed by atoms with Crippen molar-refractivity contribution in [2.75, 3.05) is 6.54 Å². The SMILES string of the molecule is CCN1C(=O)/C(=C\c2c(C)n(Cc3ccc([N+](=O)[O-])cc3)c3ccccc23)SC1=Nc1cc(C)ccc1C. The third kappa shape index (κ3) is 4.75. The molecule has 7 nitrogen and oxygen atoms in total. The number of non-ortho nitro benzene ring substituents is 1. The summed E-state index contributed by atoms with van der Waals surface area (Å²) in [5.74, 6) is -0.0480. The summed E-state index contributed by atoms with van der Waals surface area (Å²) in [6.45, 7) is 9.17. The van der Waals surface area contributed by atoms with Crippen LogP contribution in [0.3, 0.4) is 0 Å². The van der Waals surface area contributed by atoms with Gasteiger partial charge in [0.05, 0.1) is 15.5 Å². The highest BCUT2D eigenvalue weighted by Gasteiger charge is 2.33. The first kappa shape index (κ1) is 25.5. The van der Waals surface area contributed by atoms with Gasteiger partial charge in [-0.15, -0.1) is 0 Å². The molecule has 0 atom stereocenters. The number of nitro benzene ring substituents is 1. The summed E-state index contributed by atoms with van der Waals surface area (Å²) in [6.07, 6.45) is 1.98. The molecule has 1 saturated heterocycles. The van der Waals surface area contributed by atoms with Gasteiger partial charge in [0, 0.05) is 47.4 Å². The van der Waals surface area contributed by atoms with Gasteiger partial charge in [-0.1, -0.05) is 42.5 Å².